The summed E-state index contributed by atoms with van der Waals surface area (Å²) in [7, 11) is 0. The quantitative estimate of drug-likeness (QED) is 0.932. The van der Waals surface area contributed by atoms with E-state index in [1.54, 1.807) is 17.0 Å². The summed E-state index contributed by atoms with van der Waals surface area (Å²) in [6.07, 6.45) is 1.85. The minimum absolute atomic E-state index is 0.0499. The zero-order valence-electron chi connectivity index (χ0n) is 13.3. The third-order valence-corrected chi connectivity index (χ3v) is 3.63. The van der Waals surface area contributed by atoms with E-state index in [1.165, 1.54) is 12.1 Å². The van der Waals surface area contributed by atoms with Crippen molar-refractivity contribution >= 4 is 11.9 Å². The van der Waals surface area contributed by atoms with Crippen LogP contribution in [0.2, 0.25) is 0 Å². The average molecular weight is 305 g/mol. The Kier molecular flexibility index (Phi) is 4.86. The van der Waals surface area contributed by atoms with Crippen molar-refractivity contribution in [1.82, 2.24) is 4.90 Å². The molecule has 0 spiro atoms. The Morgan fingerprint density at radius 2 is 1.59 bits per heavy atom. The lowest BCUT2D eigenvalue weighted by Gasteiger charge is -2.35. The SMILES string of the molecule is CC(C)(C)OC1CCN(C(=O)c2ccc(C(=O)O)cc2)CC1. The lowest BCUT2D eigenvalue weighted by atomic mass is 10.0. The molecule has 1 heterocycles. The zero-order valence-corrected chi connectivity index (χ0v) is 13.3. The molecule has 1 aliphatic heterocycles. The normalized spacial score (nSPS) is 16.6. The number of amides is 1. The van der Waals surface area contributed by atoms with Crippen molar-refractivity contribution < 1.29 is 19.4 Å². The number of ether oxygens (including phenoxy) is 1. The van der Waals surface area contributed by atoms with Crippen molar-refractivity contribution in [3.8, 4) is 0 Å². The Morgan fingerprint density at radius 3 is 2.05 bits per heavy atom. The molecule has 0 atom stereocenters. The molecule has 1 aromatic carbocycles. The van der Waals surface area contributed by atoms with Gasteiger partial charge < -0.3 is 14.7 Å². The topological polar surface area (TPSA) is 66.8 Å². The van der Waals surface area contributed by atoms with Gasteiger partial charge in [0.25, 0.3) is 5.91 Å². The number of carbonyl (C=O) groups is 2. The molecule has 5 heteroatoms. The van der Waals surface area contributed by atoms with Gasteiger partial charge in [-0.2, -0.15) is 0 Å². The van der Waals surface area contributed by atoms with E-state index < -0.39 is 5.97 Å². The predicted molar refractivity (Wildman–Crippen MR) is 83.2 cm³/mol. The van der Waals surface area contributed by atoms with E-state index in [9.17, 15) is 9.59 Å². The van der Waals surface area contributed by atoms with E-state index in [-0.39, 0.29) is 23.2 Å². The minimum Gasteiger partial charge on any atom is -0.478 e. The molecule has 0 saturated carbocycles. The molecule has 0 radical (unpaired) electrons. The molecule has 120 valence electrons. The first-order valence-corrected chi connectivity index (χ1v) is 7.57. The average Bonchev–Trinajstić information content (AvgIpc) is 2.46. The summed E-state index contributed by atoms with van der Waals surface area (Å²) in [4.78, 5) is 25.0. The molecule has 22 heavy (non-hydrogen) atoms. The Morgan fingerprint density at radius 1 is 1.09 bits per heavy atom. The number of carboxylic acids is 1. The molecular formula is C17H23NO4. The van der Waals surface area contributed by atoms with Crippen LogP contribution in [-0.4, -0.2) is 46.7 Å². The van der Waals surface area contributed by atoms with Crippen LogP contribution in [0.25, 0.3) is 0 Å². The summed E-state index contributed by atoms with van der Waals surface area (Å²) in [5.41, 5.74) is 0.554. The highest BCUT2D eigenvalue weighted by atomic mass is 16.5. The van der Waals surface area contributed by atoms with Crippen molar-refractivity contribution in [3.63, 3.8) is 0 Å². The molecule has 0 aliphatic carbocycles. The van der Waals surface area contributed by atoms with Crippen LogP contribution in [0.15, 0.2) is 24.3 Å². The lowest BCUT2D eigenvalue weighted by molar-refractivity contribution is -0.0791. The number of rotatable bonds is 3. The number of hydrogen-bond acceptors (Lipinski definition) is 3. The van der Waals surface area contributed by atoms with Crippen LogP contribution in [0.1, 0.15) is 54.3 Å². The van der Waals surface area contributed by atoms with E-state index in [1.807, 2.05) is 20.8 Å². The van der Waals surface area contributed by atoms with Crippen LogP contribution >= 0.6 is 0 Å². The van der Waals surface area contributed by atoms with Crippen LogP contribution < -0.4 is 0 Å². The molecule has 1 aliphatic rings. The van der Waals surface area contributed by atoms with Crippen LogP contribution in [0.5, 0.6) is 0 Å². The van der Waals surface area contributed by atoms with Gasteiger partial charge in [0.05, 0.1) is 17.3 Å². The first kappa shape index (κ1) is 16.5. The largest absolute Gasteiger partial charge is 0.478 e. The monoisotopic (exact) mass is 305 g/mol. The maximum atomic E-state index is 12.4. The zero-order chi connectivity index (χ0) is 16.3. The van der Waals surface area contributed by atoms with Gasteiger partial charge in [0, 0.05) is 18.7 Å². The molecule has 2 rings (SSSR count). The van der Waals surface area contributed by atoms with Gasteiger partial charge in [-0.3, -0.25) is 4.79 Å². The molecule has 1 aromatic rings. The first-order valence-electron chi connectivity index (χ1n) is 7.57. The molecule has 1 N–H and O–H groups in total. The highest BCUT2D eigenvalue weighted by molar-refractivity contribution is 5.95. The Bertz CT molecular complexity index is 537. The van der Waals surface area contributed by atoms with Gasteiger partial charge in [-0.1, -0.05) is 0 Å². The molecular weight excluding hydrogens is 282 g/mol. The fraction of sp³-hybridized carbons (Fsp3) is 0.529. The second kappa shape index (κ2) is 6.48. The summed E-state index contributed by atoms with van der Waals surface area (Å²) in [6, 6.07) is 6.07. The number of carboxylic acid groups (broad SMARTS) is 1. The number of nitrogens with zero attached hydrogens (tertiary/aromatic N) is 1. The second-order valence-electron chi connectivity index (χ2n) is 6.60. The van der Waals surface area contributed by atoms with Crippen LogP contribution in [0, 0.1) is 0 Å². The van der Waals surface area contributed by atoms with Gasteiger partial charge in [-0.05, 0) is 57.9 Å². The van der Waals surface area contributed by atoms with Gasteiger partial charge in [-0.15, -0.1) is 0 Å². The minimum atomic E-state index is -0.987. The Balaban J connectivity index is 1.93. The van der Waals surface area contributed by atoms with E-state index in [4.69, 9.17) is 9.84 Å². The van der Waals surface area contributed by atoms with Crippen molar-refractivity contribution in [1.29, 1.82) is 0 Å². The number of carbonyl (C=O) groups excluding carboxylic acids is 1. The first-order chi connectivity index (χ1) is 10.3. The number of benzene rings is 1. The maximum absolute atomic E-state index is 12.4. The predicted octanol–water partition coefficient (Wildman–Crippen LogP) is 2.80. The van der Waals surface area contributed by atoms with E-state index in [2.05, 4.69) is 0 Å². The smallest absolute Gasteiger partial charge is 0.335 e. The van der Waals surface area contributed by atoms with Crippen molar-refractivity contribution in [2.24, 2.45) is 0 Å². The third-order valence-electron chi connectivity index (χ3n) is 3.63. The van der Waals surface area contributed by atoms with Crippen molar-refractivity contribution in [3.05, 3.63) is 35.4 Å². The maximum Gasteiger partial charge on any atom is 0.335 e. The molecule has 0 unspecified atom stereocenters. The molecule has 1 saturated heterocycles. The fourth-order valence-corrected chi connectivity index (χ4v) is 2.61. The molecule has 1 amide bonds. The highest BCUT2D eigenvalue weighted by Gasteiger charge is 2.27. The van der Waals surface area contributed by atoms with Crippen molar-refractivity contribution in [2.45, 2.75) is 45.3 Å². The fourth-order valence-electron chi connectivity index (χ4n) is 2.61. The number of aromatic carboxylic acids is 1. The molecule has 0 aromatic heterocycles. The second-order valence-corrected chi connectivity index (χ2v) is 6.60. The van der Waals surface area contributed by atoms with Crippen LogP contribution in [0.3, 0.4) is 0 Å². The summed E-state index contributed by atoms with van der Waals surface area (Å²) in [5, 5.41) is 8.88. The summed E-state index contributed by atoms with van der Waals surface area (Å²) in [6.45, 7) is 7.44. The van der Waals surface area contributed by atoms with Gasteiger partial charge in [0.1, 0.15) is 0 Å². The number of hydrogen-bond donors (Lipinski definition) is 1. The molecule has 1 fully saturated rings. The molecule has 5 nitrogen and oxygen atoms in total. The lowest BCUT2D eigenvalue weighted by Crippen LogP contribution is -2.42. The Labute approximate surface area is 130 Å². The number of piperidine rings is 1. The molecule has 0 bridgehead atoms. The summed E-state index contributed by atoms with van der Waals surface area (Å²) >= 11 is 0. The Hall–Kier alpha value is -1.88. The highest BCUT2D eigenvalue weighted by Crippen LogP contribution is 2.21. The summed E-state index contributed by atoms with van der Waals surface area (Å²) < 4.78 is 5.95. The third kappa shape index (κ3) is 4.31. The van der Waals surface area contributed by atoms with E-state index in [0.29, 0.717) is 18.7 Å². The van der Waals surface area contributed by atoms with Gasteiger partial charge in [0.2, 0.25) is 0 Å². The van der Waals surface area contributed by atoms with Gasteiger partial charge in [-0.25, -0.2) is 4.79 Å². The van der Waals surface area contributed by atoms with Crippen molar-refractivity contribution in [2.75, 3.05) is 13.1 Å². The summed E-state index contributed by atoms with van der Waals surface area (Å²) in [5.74, 6) is -1.04. The standard InChI is InChI=1S/C17H23NO4/c1-17(2,3)22-14-8-10-18(11-9-14)15(19)12-4-6-13(7-5-12)16(20)21/h4-7,14H,8-11H2,1-3H3,(H,20,21). The van der Waals surface area contributed by atoms with Crippen LogP contribution in [-0.2, 0) is 4.74 Å². The van der Waals surface area contributed by atoms with Crippen LogP contribution in [0.4, 0.5) is 0 Å². The van der Waals surface area contributed by atoms with Gasteiger partial charge in [0.15, 0.2) is 0 Å². The van der Waals surface area contributed by atoms with E-state index in [0.717, 1.165) is 12.8 Å². The van der Waals surface area contributed by atoms with Gasteiger partial charge >= 0.3 is 5.97 Å². The van der Waals surface area contributed by atoms with E-state index >= 15 is 0 Å². The number of likely N-dealkylation sites (tertiary alicyclic amines) is 1.